The average molecular weight is 249 g/mol. The zero-order chi connectivity index (χ0) is 13.0. The number of hydrogen-bond acceptors (Lipinski definition) is 3. The van der Waals surface area contributed by atoms with Crippen LogP contribution in [0, 0.1) is 5.92 Å². The van der Waals surface area contributed by atoms with Gasteiger partial charge in [0.15, 0.2) is 11.5 Å². The number of hydrogen-bond donors (Lipinski definition) is 1. The summed E-state index contributed by atoms with van der Waals surface area (Å²) in [4.78, 5) is 0. The SMILES string of the molecule is CCOc1ccccc1OC1CC(C)CCC1N. The minimum Gasteiger partial charge on any atom is -0.490 e. The Morgan fingerprint density at radius 3 is 2.67 bits per heavy atom. The molecule has 3 nitrogen and oxygen atoms in total. The summed E-state index contributed by atoms with van der Waals surface area (Å²) in [5, 5.41) is 0. The van der Waals surface area contributed by atoms with Crippen molar-refractivity contribution in [3.63, 3.8) is 0 Å². The van der Waals surface area contributed by atoms with E-state index in [2.05, 4.69) is 6.92 Å². The number of benzene rings is 1. The van der Waals surface area contributed by atoms with Crippen LogP contribution in [0.15, 0.2) is 24.3 Å². The molecule has 18 heavy (non-hydrogen) atoms. The molecule has 0 spiro atoms. The van der Waals surface area contributed by atoms with Crippen molar-refractivity contribution in [1.82, 2.24) is 0 Å². The highest BCUT2D eigenvalue weighted by Gasteiger charge is 2.28. The molecule has 1 aromatic carbocycles. The van der Waals surface area contributed by atoms with E-state index < -0.39 is 0 Å². The molecule has 100 valence electrons. The second-order valence-corrected chi connectivity index (χ2v) is 5.12. The molecule has 1 aliphatic rings. The first-order valence-corrected chi connectivity index (χ1v) is 6.84. The van der Waals surface area contributed by atoms with E-state index in [1.807, 2.05) is 31.2 Å². The third kappa shape index (κ3) is 3.16. The van der Waals surface area contributed by atoms with Gasteiger partial charge in [0.05, 0.1) is 6.61 Å². The molecular formula is C15H23NO2. The number of nitrogens with two attached hydrogens (primary N) is 1. The van der Waals surface area contributed by atoms with Crippen LogP contribution in [-0.4, -0.2) is 18.8 Å². The molecule has 1 aliphatic carbocycles. The van der Waals surface area contributed by atoms with Gasteiger partial charge in [-0.25, -0.2) is 0 Å². The molecule has 1 aromatic rings. The average Bonchev–Trinajstić information content (AvgIpc) is 2.36. The zero-order valence-electron chi connectivity index (χ0n) is 11.3. The van der Waals surface area contributed by atoms with Crippen LogP contribution in [0.4, 0.5) is 0 Å². The second-order valence-electron chi connectivity index (χ2n) is 5.12. The largest absolute Gasteiger partial charge is 0.490 e. The third-order valence-electron chi connectivity index (χ3n) is 3.53. The molecule has 0 saturated heterocycles. The Balaban J connectivity index is 2.07. The predicted molar refractivity (Wildman–Crippen MR) is 73.0 cm³/mol. The molecule has 1 fully saturated rings. The van der Waals surface area contributed by atoms with Gasteiger partial charge in [0.25, 0.3) is 0 Å². The van der Waals surface area contributed by atoms with Crippen molar-refractivity contribution in [2.45, 2.75) is 45.3 Å². The van der Waals surface area contributed by atoms with Gasteiger partial charge >= 0.3 is 0 Å². The quantitative estimate of drug-likeness (QED) is 0.892. The maximum atomic E-state index is 6.15. The number of rotatable bonds is 4. The van der Waals surface area contributed by atoms with E-state index in [0.29, 0.717) is 12.5 Å². The van der Waals surface area contributed by atoms with Gasteiger partial charge in [0.2, 0.25) is 0 Å². The standard InChI is InChI=1S/C15H23NO2/c1-3-17-13-6-4-5-7-14(13)18-15-10-11(2)8-9-12(15)16/h4-7,11-12,15H,3,8-10,16H2,1-2H3. The molecule has 0 radical (unpaired) electrons. The van der Waals surface area contributed by atoms with Gasteiger partial charge in [-0.1, -0.05) is 19.1 Å². The Morgan fingerprint density at radius 2 is 1.94 bits per heavy atom. The monoisotopic (exact) mass is 249 g/mol. The minimum atomic E-state index is 0.107. The van der Waals surface area contributed by atoms with Gasteiger partial charge < -0.3 is 15.2 Å². The molecule has 3 heteroatoms. The van der Waals surface area contributed by atoms with E-state index in [0.717, 1.165) is 24.3 Å². The van der Waals surface area contributed by atoms with E-state index in [1.54, 1.807) is 0 Å². The maximum absolute atomic E-state index is 6.15. The summed E-state index contributed by atoms with van der Waals surface area (Å²) in [5.41, 5.74) is 6.15. The maximum Gasteiger partial charge on any atom is 0.161 e. The Hall–Kier alpha value is -1.22. The summed E-state index contributed by atoms with van der Waals surface area (Å²) in [7, 11) is 0. The molecule has 3 atom stereocenters. The Morgan fingerprint density at radius 1 is 1.22 bits per heavy atom. The zero-order valence-corrected chi connectivity index (χ0v) is 11.3. The van der Waals surface area contributed by atoms with Crippen molar-refractivity contribution >= 4 is 0 Å². The van der Waals surface area contributed by atoms with Gasteiger partial charge in [-0.2, -0.15) is 0 Å². The fraction of sp³-hybridized carbons (Fsp3) is 0.600. The molecule has 0 aromatic heterocycles. The van der Waals surface area contributed by atoms with Crippen molar-refractivity contribution in [3.8, 4) is 11.5 Å². The first-order valence-electron chi connectivity index (χ1n) is 6.84. The van der Waals surface area contributed by atoms with E-state index in [4.69, 9.17) is 15.2 Å². The lowest BCUT2D eigenvalue weighted by atomic mass is 9.85. The van der Waals surface area contributed by atoms with Crippen LogP contribution in [0.3, 0.4) is 0 Å². The lowest BCUT2D eigenvalue weighted by Gasteiger charge is -2.33. The van der Waals surface area contributed by atoms with Crippen molar-refractivity contribution in [2.24, 2.45) is 11.7 Å². The topological polar surface area (TPSA) is 44.5 Å². The van der Waals surface area contributed by atoms with Crippen LogP contribution in [0.25, 0.3) is 0 Å². The van der Waals surface area contributed by atoms with Crippen LogP contribution in [-0.2, 0) is 0 Å². The molecule has 3 unspecified atom stereocenters. The van der Waals surface area contributed by atoms with E-state index in [9.17, 15) is 0 Å². The predicted octanol–water partition coefficient (Wildman–Crippen LogP) is 2.98. The molecule has 2 N–H and O–H groups in total. The van der Waals surface area contributed by atoms with E-state index in [-0.39, 0.29) is 12.1 Å². The van der Waals surface area contributed by atoms with Crippen LogP contribution in [0.5, 0.6) is 11.5 Å². The van der Waals surface area contributed by atoms with Gasteiger partial charge in [0.1, 0.15) is 6.10 Å². The number of para-hydroxylation sites is 2. The summed E-state index contributed by atoms with van der Waals surface area (Å²) in [6, 6.07) is 7.96. The Bertz CT molecular complexity index is 381. The highest BCUT2D eigenvalue weighted by molar-refractivity contribution is 5.39. The summed E-state index contributed by atoms with van der Waals surface area (Å²) in [6.07, 6.45) is 3.38. The van der Waals surface area contributed by atoms with Gasteiger partial charge in [-0.15, -0.1) is 0 Å². The first-order chi connectivity index (χ1) is 8.70. The Labute approximate surface area is 109 Å². The van der Waals surface area contributed by atoms with Crippen molar-refractivity contribution in [3.05, 3.63) is 24.3 Å². The lowest BCUT2D eigenvalue weighted by molar-refractivity contribution is 0.103. The molecule has 0 amide bonds. The fourth-order valence-electron chi connectivity index (χ4n) is 2.47. The normalized spacial score (nSPS) is 27.8. The summed E-state index contributed by atoms with van der Waals surface area (Å²) in [5.74, 6) is 2.31. The second kappa shape index (κ2) is 6.10. The van der Waals surface area contributed by atoms with Crippen LogP contribution >= 0.6 is 0 Å². The van der Waals surface area contributed by atoms with Gasteiger partial charge in [0, 0.05) is 6.04 Å². The summed E-state index contributed by atoms with van der Waals surface area (Å²) < 4.78 is 11.6. The molecule has 0 bridgehead atoms. The molecule has 1 saturated carbocycles. The smallest absolute Gasteiger partial charge is 0.161 e. The van der Waals surface area contributed by atoms with Crippen molar-refractivity contribution in [1.29, 1.82) is 0 Å². The van der Waals surface area contributed by atoms with Crippen molar-refractivity contribution < 1.29 is 9.47 Å². The van der Waals surface area contributed by atoms with E-state index in [1.165, 1.54) is 6.42 Å². The molecule has 2 rings (SSSR count). The summed E-state index contributed by atoms with van der Waals surface area (Å²) in [6.45, 7) is 4.88. The third-order valence-corrected chi connectivity index (χ3v) is 3.53. The Kier molecular flexibility index (Phi) is 4.48. The van der Waals surface area contributed by atoms with Crippen molar-refractivity contribution in [2.75, 3.05) is 6.61 Å². The van der Waals surface area contributed by atoms with Gasteiger partial charge in [-0.05, 0) is 44.2 Å². The summed E-state index contributed by atoms with van der Waals surface area (Å²) >= 11 is 0. The highest BCUT2D eigenvalue weighted by Crippen LogP contribution is 2.32. The van der Waals surface area contributed by atoms with Crippen LogP contribution in [0.1, 0.15) is 33.1 Å². The molecule has 0 heterocycles. The van der Waals surface area contributed by atoms with Crippen LogP contribution < -0.4 is 15.2 Å². The first kappa shape index (κ1) is 13.2. The van der Waals surface area contributed by atoms with Gasteiger partial charge in [-0.3, -0.25) is 0 Å². The molecular weight excluding hydrogens is 226 g/mol. The molecule has 0 aliphatic heterocycles. The van der Waals surface area contributed by atoms with E-state index >= 15 is 0 Å². The van der Waals surface area contributed by atoms with Crippen LogP contribution in [0.2, 0.25) is 0 Å². The number of ether oxygens (including phenoxy) is 2. The minimum absolute atomic E-state index is 0.107. The highest BCUT2D eigenvalue weighted by atomic mass is 16.5. The fourth-order valence-corrected chi connectivity index (χ4v) is 2.47. The lowest BCUT2D eigenvalue weighted by Crippen LogP contribution is -2.43.